The second kappa shape index (κ2) is 6.57. The molecule has 0 spiro atoms. The summed E-state index contributed by atoms with van der Waals surface area (Å²) in [6, 6.07) is 7.18. The zero-order valence-corrected chi connectivity index (χ0v) is 14.4. The van der Waals surface area contributed by atoms with Gasteiger partial charge in [-0.15, -0.1) is 0 Å². The molecule has 2 aromatic rings. The summed E-state index contributed by atoms with van der Waals surface area (Å²) in [5, 5.41) is 3.96. The summed E-state index contributed by atoms with van der Waals surface area (Å²) >= 11 is 1.59. The Labute approximate surface area is 144 Å². The third-order valence-corrected chi connectivity index (χ3v) is 4.83. The Morgan fingerprint density at radius 3 is 2.62 bits per heavy atom. The molecule has 124 valence electrons. The Kier molecular flexibility index (Phi) is 4.49. The number of fused-ring (bicyclic) bond motifs is 1. The lowest BCUT2D eigenvalue weighted by molar-refractivity contribution is -0.130. The molecule has 1 aromatic carbocycles. The molecule has 0 saturated carbocycles. The van der Waals surface area contributed by atoms with Crippen LogP contribution in [0.5, 0.6) is 0 Å². The number of carbonyl (C=O) groups excluding carboxylic acids is 3. The maximum Gasteiger partial charge on any atom is 0.261 e. The van der Waals surface area contributed by atoms with Gasteiger partial charge in [0, 0.05) is 26.6 Å². The topological polar surface area (TPSA) is 57.7 Å². The minimum Gasteiger partial charge on any atom is -0.341 e. The summed E-state index contributed by atoms with van der Waals surface area (Å²) in [7, 11) is 1.73. The maximum absolute atomic E-state index is 12.4. The summed E-state index contributed by atoms with van der Waals surface area (Å²) in [6.07, 6.45) is 0.130. The van der Waals surface area contributed by atoms with Crippen LogP contribution in [-0.2, 0) is 11.3 Å². The smallest absolute Gasteiger partial charge is 0.261 e. The summed E-state index contributed by atoms with van der Waals surface area (Å²) in [6.45, 7) is 2.52. The highest BCUT2D eigenvalue weighted by molar-refractivity contribution is 7.07. The fourth-order valence-corrected chi connectivity index (χ4v) is 3.41. The minimum atomic E-state index is -0.316. The van der Waals surface area contributed by atoms with Gasteiger partial charge in [-0.05, 0) is 41.4 Å². The monoisotopic (exact) mass is 342 g/mol. The molecule has 0 N–H and O–H groups in total. The molecule has 6 heteroatoms. The van der Waals surface area contributed by atoms with E-state index in [0.717, 1.165) is 11.1 Å². The fraction of sp³-hybridized carbons (Fsp3) is 0.278. The van der Waals surface area contributed by atoms with Gasteiger partial charge < -0.3 is 4.90 Å². The summed E-state index contributed by atoms with van der Waals surface area (Å²) < 4.78 is 0. The van der Waals surface area contributed by atoms with Crippen LogP contribution in [-0.4, -0.2) is 41.1 Å². The first-order chi connectivity index (χ1) is 11.5. The van der Waals surface area contributed by atoms with Crippen LogP contribution in [0, 0.1) is 6.92 Å². The first-order valence-corrected chi connectivity index (χ1v) is 8.63. The highest BCUT2D eigenvalue weighted by Gasteiger charge is 2.35. The van der Waals surface area contributed by atoms with Gasteiger partial charge in [0.2, 0.25) is 5.91 Å². The van der Waals surface area contributed by atoms with Gasteiger partial charge in [-0.3, -0.25) is 19.3 Å². The number of thiophene rings is 1. The molecule has 0 aliphatic carbocycles. The number of amides is 3. The van der Waals surface area contributed by atoms with Crippen molar-refractivity contribution >= 4 is 29.1 Å². The first kappa shape index (κ1) is 16.4. The molecule has 0 atom stereocenters. The van der Waals surface area contributed by atoms with Gasteiger partial charge in [0.25, 0.3) is 11.8 Å². The zero-order chi connectivity index (χ0) is 17.3. The van der Waals surface area contributed by atoms with Crippen molar-refractivity contribution in [2.24, 2.45) is 0 Å². The SMILES string of the molecule is Cc1ccc2c(c1)C(=O)N(CCC(=O)N(C)Cc1ccsc1)C2=O. The number of hydrogen-bond acceptors (Lipinski definition) is 4. The number of hydrogen-bond donors (Lipinski definition) is 0. The predicted octanol–water partition coefficient (Wildman–Crippen LogP) is 2.70. The number of imide groups is 1. The standard InChI is InChI=1S/C18H18N2O3S/c1-12-3-4-14-15(9-12)18(23)20(17(14)22)7-5-16(21)19(2)10-13-6-8-24-11-13/h3-4,6,8-9,11H,5,7,10H2,1-2H3. The van der Waals surface area contributed by atoms with Crippen LogP contribution < -0.4 is 0 Å². The van der Waals surface area contributed by atoms with Gasteiger partial charge in [0.1, 0.15) is 0 Å². The first-order valence-electron chi connectivity index (χ1n) is 7.69. The van der Waals surface area contributed by atoms with Gasteiger partial charge >= 0.3 is 0 Å². The average molecular weight is 342 g/mol. The van der Waals surface area contributed by atoms with E-state index in [1.54, 1.807) is 35.4 Å². The number of rotatable bonds is 5. The van der Waals surface area contributed by atoms with Crippen molar-refractivity contribution in [2.45, 2.75) is 19.9 Å². The fourth-order valence-electron chi connectivity index (χ4n) is 2.75. The van der Waals surface area contributed by atoms with E-state index in [1.807, 2.05) is 29.8 Å². The molecule has 0 saturated heterocycles. The van der Waals surface area contributed by atoms with Gasteiger partial charge in [-0.1, -0.05) is 11.6 Å². The molecule has 24 heavy (non-hydrogen) atoms. The van der Waals surface area contributed by atoms with Gasteiger partial charge in [-0.2, -0.15) is 11.3 Å². The lowest BCUT2D eigenvalue weighted by Gasteiger charge is -2.19. The number of nitrogens with zero attached hydrogens (tertiary/aromatic N) is 2. The van der Waals surface area contributed by atoms with Gasteiger partial charge in [-0.25, -0.2) is 0 Å². The van der Waals surface area contributed by atoms with Crippen LogP contribution in [0.25, 0.3) is 0 Å². The van der Waals surface area contributed by atoms with E-state index in [9.17, 15) is 14.4 Å². The highest BCUT2D eigenvalue weighted by Crippen LogP contribution is 2.24. The largest absolute Gasteiger partial charge is 0.341 e. The summed E-state index contributed by atoms with van der Waals surface area (Å²) in [5.74, 6) is -0.718. The Morgan fingerprint density at radius 2 is 1.92 bits per heavy atom. The molecule has 3 amide bonds. The molecule has 0 fully saturated rings. The normalized spacial score (nSPS) is 13.3. The van der Waals surface area contributed by atoms with E-state index < -0.39 is 0 Å². The molecule has 0 unspecified atom stereocenters. The highest BCUT2D eigenvalue weighted by atomic mass is 32.1. The van der Waals surface area contributed by atoms with Crippen molar-refractivity contribution in [3.05, 3.63) is 57.3 Å². The van der Waals surface area contributed by atoms with Gasteiger partial charge in [0.05, 0.1) is 11.1 Å². The van der Waals surface area contributed by atoms with Gasteiger partial charge in [0.15, 0.2) is 0 Å². The zero-order valence-electron chi connectivity index (χ0n) is 13.6. The average Bonchev–Trinajstić information content (AvgIpc) is 3.14. The molecule has 1 aromatic heterocycles. The van der Waals surface area contributed by atoms with Crippen LogP contribution in [0.15, 0.2) is 35.0 Å². The molecular formula is C18H18N2O3S. The van der Waals surface area contributed by atoms with Crippen LogP contribution in [0.1, 0.15) is 38.3 Å². The van der Waals surface area contributed by atoms with Crippen LogP contribution >= 0.6 is 11.3 Å². The van der Waals surface area contributed by atoms with Crippen molar-refractivity contribution in [1.29, 1.82) is 0 Å². The molecule has 1 aliphatic heterocycles. The Morgan fingerprint density at radius 1 is 1.17 bits per heavy atom. The third-order valence-electron chi connectivity index (χ3n) is 4.10. The minimum absolute atomic E-state index is 0.0889. The van der Waals surface area contributed by atoms with Crippen LogP contribution in [0.3, 0.4) is 0 Å². The Bertz CT molecular complexity index is 799. The molecule has 0 bridgehead atoms. The second-order valence-electron chi connectivity index (χ2n) is 5.94. The molecule has 2 heterocycles. The summed E-state index contributed by atoms with van der Waals surface area (Å²) in [4.78, 5) is 39.7. The quantitative estimate of drug-likeness (QED) is 0.785. The van der Waals surface area contributed by atoms with Crippen molar-refractivity contribution in [2.75, 3.05) is 13.6 Å². The molecule has 0 radical (unpaired) electrons. The number of benzene rings is 1. The second-order valence-corrected chi connectivity index (χ2v) is 6.72. The Balaban J connectivity index is 1.62. The number of aryl methyl sites for hydroxylation is 1. The van der Waals surface area contributed by atoms with E-state index in [-0.39, 0.29) is 30.7 Å². The van der Waals surface area contributed by atoms with Crippen molar-refractivity contribution < 1.29 is 14.4 Å². The van der Waals surface area contributed by atoms with Crippen molar-refractivity contribution in [3.63, 3.8) is 0 Å². The maximum atomic E-state index is 12.4. The van der Waals surface area contributed by atoms with E-state index in [4.69, 9.17) is 0 Å². The lowest BCUT2D eigenvalue weighted by atomic mass is 10.1. The van der Waals surface area contributed by atoms with E-state index >= 15 is 0 Å². The lowest BCUT2D eigenvalue weighted by Crippen LogP contribution is -2.35. The molecular weight excluding hydrogens is 324 g/mol. The van der Waals surface area contributed by atoms with Crippen LogP contribution in [0.4, 0.5) is 0 Å². The van der Waals surface area contributed by atoms with E-state index in [1.165, 1.54) is 4.90 Å². The number of carbonyl (C=O) groups is 3. The van der Waals surface area contributed by atoms with Crippen LogP contribution in [0.2, 0.25) is 0 Å². The van der Waals surface area contributed by atoms with E-state index in [0.29, 0.717) is 17.7 Å². The summed E-state index contributed by atoms with van der Waals surface area (Å²) in [5.41, 5.74) is 2.86. The van der Waals surface area contributed by atoms with Crippen molar-refractivity contribution in [1.82, 2.24) is 9.80 Å². The molecule has 1 aliphatic rings. The molecule has 5 nitrogen and oxygen atoms in total. The Hall–Kier alpha value is -2.47. The predicted molar refractivity (Wildman–Crippen MR) is 92.0 cm³/mol. The third kappa shape index (κ3) is 3.10. The van der Waals surface area contributed by atoms with E-state index in [2.05, 4.69) is 0 Å². The molecule has 3 rings (SSSR count). The van der Waals surface area contributed by atoms with Crippen molar-refractivity contribution in [3.8, 4) is 0 Å².